The third-order valence-corrected chi connectivity index (χ3v) is 2.97. The summed E-state index contributed by atoms with van der Waals surface area (Å²) in [6.07, 6.45) is 0. The Hall–Kier alpha value is -3.06. The molecule has 0 unspecified atom stereocenters. The molecular formula is C15H15ClN6O. The Morgan fingerprint density at radius 3 is 2.13 bits per heavy atom. The maximum atomic E-state index is 12.1. The van der Waals surface area contributed by atoms with Gasteiger partial charge in [0.05, 0.1) is 5.69 Å². The molecule has 23 heavy (non-hydrogen) atoms. The number of amides is 1. The summed E-state index contributed by atoms with van der Waals surface area (Å²) >= 11 is 5.80. The van der Waals surface area contributed by atoms with E-state index in [1.165, 1.54) is 0 Å². The Bertz CT molecular complexity index is 749. The molecule has 8 heteroatoms. The van der Waals surface area contributed by atoms with E-state index >= 15 is 0 Å². The molecular weight excluding hydrogens is 316 g/mol. The molecule has 0 aromatic heterocycles. The average Bonchev–Trinajstić information content (AvgIpc) is 2.49. The van der Waals surface area contributed by atoms with Gasteiger partial charge in [0, 0.05) is 16.3 Å². The lowest BCUT2D eigenvalue weighted by Crippen LogP contribution is -2.26. The SMILES string of the molecule is NC(N)=NC(N)=Nc1ccc(C(=O)Nc2ccc(Cl)cc2)cc1. The van der Waals surface area contributed by atoms with Crippen molar-refractivity contribution in [2.24, 2.45) is 27.2 Å². The van der Waals surface area contributed by atoms with E-state index in [9.17, 15) is 4.79 Å². The topological polar surface area (TPSA) is 132 Å². The van der Waals surface area contributed by atoms with Crippen LogP contribution in [0.4, 0.5) is 11.4 Å². The predicted octanol–water partition coefficient (Wildman–Crippen LogP) is 1.81. The maximum Gasteiger partial charge on any atom is 0.255 e. The molecule has 0 bridgehead atoms. The lowest BCUT2D eigenvalue weighted by Gasteiger charge is -2.05. The van der Waals surface area contributed by atoms with Gasteiger partial charge < -0.3 is 22.5 Å². The zero-order valence-corrected chi connectivity index (χ0v) is 12.8. The summed E-state index contributed by atoms with van der Waals surface area (Å²) in [5, 5.41) is 3.36. The van der Waals surface area contributed by atoms with Gasteiger partial charge in [-0.15, -0.1) is 0 Å². The number of rotatable bonds is 3. The second-order valence-corrected chi connectivity index (χ2v) is 4.95. The fraction of sp³-hybridized carbons (Fsp3) is 0. The van der Waals surface area contributed by atoms with Crippen LogP contribution in [0.15, 0.2) is 58.5 Å². The van der Waals surface area contributed by atoms with Gasteiger partial charge >= 0.3 is 0 Å². The normalized spacial score (nSPS) is 10.9. The van der Waals surface area contributed by atoms with Crippen molar-refractivity contribution in [2.75, 3.05) is 5.32 Å². The first-order chi connectivity index (χ1) is 10.9. The Morgan fingerprint density at radius 1 is 0.957 bits per heavy atom. The number of anilines is 1. The first kappa shape index (κ1) is 16.3. The van der Waals surface area contributed by atoms with E-state index < -0.39 is 0 Å². The molecule has 0 atom stereocenters. The molecule has 0 heterocycles. The van der Waals surface area contributed by atoms with Crippen molar-refractivity contribution < 1.29 is 4.79 Å². The van der Waals surface area contributed by atoms with E-state index in [1.807, 2.05) is 0 Å². The van der Waals surface area contributed by atoms with E-state index in [0.29, 0.717) is 22.0 Å². The van der Waals surface area contributed by atoms with Crippen LogP contribution in [0.25, 0.3) is 0 Å². The average molecular weight is 331 g/mol. The van der Waals surface area contributed by atoms with E-state index in [0.717, 1.165) is 0 Å². The third-order valence-electron chi connectivity index (χ3n) is 2.72. The molecule has 7 nitrogen and oxygen atoms in total. The highest BCUT2D eigenvalue weighted by molar-refractivity contribution is 6.30. The molecule has 7 N–H and O–H groups in total. The molecule has 0 fully saturated rings. The van der Waals surface area contributed by atoms with Gasteiger partial charge in [0.2, 0.25) is 5.96 Å². The molecule has 2 aromatic rings. The summed E-state index contributed by atoms with van der Waals surface area (Å²) in [5.41, 5.74) is 17.6. The molecule has 2 rings (SSSR count). The van der Waals surface area contributed by atoms with Gasteiger partial charge in [0.25, 0.3) is 5.91 Å². The van der Waals surface area contributed by atoms with Crippen LogP contribution in [-0.2, 0) is 0 Å². The first-order valence-corrected chi connectivity index (χ1v) is 6.92. The number of carbonyl (C=O) groups excluding carboxylic acids is 1. The van der Waals surface area contributed by atoms with Crippen LogP contribution in [0, 0.1) is 0 Å². The number of guanidine groups is 2. The minimum absolute atomic E-state index is 0.0663. The van der Waals surface area contributed by atoms with E-state index in [-0.39, 0.29) is 17.8 Å². The Balaban J connectivity index is 2.08. The number of nitrogens with one attached hydrogen (secondary N) is 1. The number of aliphatic imine (C=N–C) groups is 2. The van der Waals surface area contributed by atoms with Gasteiger partial charge in [-0.2, -0.15) is 4.99 Å². The highest BCUT2D eigenvalue weighted by Gasteiger charge is 2.06. The Morgan fingerprint density at radius 2 is 1.57 bits per heavy atom. The molecule has 0 saturated heterocycles. The van der Waals surface area contributed by atoms with Crippen molar-refractivity contribution in [1.82, 2.24) is 0 Å². The van der Waals surface area contributed by atoms with E-state index in [2.05, 4.69) is 15.3 Å². The van der Waals surface area contributed by atoms with Crippen LogP contribution in [-0.4, -0.2) is 17.8 Å². The standard InChI is InChI=1S/C15H15ClN6O/c16-10-3-7-11(8-4-10)20-13(23)9-1-5-12(6-2-9)21-15(19)22-14(17)18/h1-8H,(H,20,23)(H6,17,18,19,21,22). The van der Waals surface area contributed by atoms with Crippen LogP contribution in [0.5, 0.6) is 0 Å². The summed E-state index contributed by atoms with van der Waals surface area (Å²) in [6, 6.07) is 13.3. The van der Waals surface area contributed by atoms with Gasteiger partial charge in [-0.25, -0.2) is 4.99 Å². The molecule has 1 amide bonds. The highest BCUT2D eigenvalue weighted by atomic mass is 35.5. The van der Waals surface area contributed by atoms with Gasteiger partial charge in [0.15, 0.2) is 5.96 Å². The summed E-state index contributed by atoms with van der Waals surface area (Å²) in [4.78, 5) is 19.7. The molecule has 0 radical (unpaired) electrons. The monoisotopic (exact) mass is 330 g/mol. The summed E-state index contributed by atoms with van der Waals surface area (Å²) < 4.78 is 0. The molecule has 2 aromatic carbocycles. The number of nitrogens with zero attached hydrogens (tertiary/aromatic N) is 2. The maximum absolute atomic E-state index is 12.1. The third kappa shape index (κ3) is 5.01. The minimum Gasteiger partial charge on any atom is -0.370 e. The van der Waals surface area contributed by atoms with Crippen LogP contribution < -0.4 is 22.5 Å². The van der Waals surface area contributed by atoms with Gasteiger partial charge in [-0.3, -0.25) is 4.79 Å². The smallest absolute Gasteiger partial charge is 0.255 e. The first-order valence-electron chi connectivity index (χ1n) is 6.55. The fourth-order valence-corrected chi connectivity index (χ4v) is 1.84. The largest absolute Gasteiger partial charge is 0.370 e. The molecule has 118 valence electrons. The molecule has 0 aliphatic carbocycles. The second-order valence-electron chi connectivity index (χ2n) is 4.51. The van der Waals surface area contributed by atoms with Crippen LogP contribution in [0.1, 0.15) is 10.4 Å². The fourth-order valence-electron chi connectivity index (χ4n) is 1.71. The van der Waals surface area contributed by atoms with Gasteiger partial charge in [-0.05, 0) is 48.5 Å². The molecule has 0 spiro atoms. The van der Waals surface area contributed by atoms with Crippen molar-refractivity contribution in [1.29, 1.82) is 0 Å². The van der Waals surface area contributed by atoms with E-state index in [1.54, 1.807) is 48.5 Å². The summed E-state index contributed by atoms with van der Waals surface area (Å²) in [7, 11) is 0. The number of carbonyl (C=O) groups is 1. The number of nitrogens with two attached hydrogens (primary N) is 3. The van der Waals surface area contributed by atoms with Gasteiger partial charge in [-0.1, -0.05) is 11.6 Å². The van der Waals surface area contributed by atoms with Crippen molar-refractivity contribution in [3.05, 3.63) is 59.1 Å². The zero-order chi connectivity index (χ0) is 16.8. The quantitative estimate of drug-likeness (QED) is 0.504. The van der Waals surface area contributed by atoms with Crippen molar-refractivity contribution in [2.45, 2.75) is 0 Å². The number of hydrogen-bond acceptors (Lipinski definition) is 2. The van der Waals surface area contributed by atoms with E-state index in [4.69, 9.17) is 28.8 Å². The highest BCUT2D eigenvalue weighted by Crippen LogP contribution is 2.16. The van der Waals surface area contributed by atoms with Crippen LogP contribution in [0.2, 0.25) is 5.02 Å². The second kappa shape index (κ2) is 7.28. The molecule has 0 aliphatic heterocycles. The molecule has 0 aliphatic rings. The lowest BCUT2D eigenvalue weighted by molar-refractivity contribution is 0.102. The number of halogens is 1. The predicted molar refractivity (Wildman–Crippen MR) is 92.9 cm³/mol. The number of benzene rings is 2. The van der Waals surface area contributed by atoms with Crippen molar-refractivity contribution in [3.63, 3.8) is 0 Å². The van der Waals surface area contributed by atoms with Crippen molar-refractivity contribution >= 4 is 40.8 Å². The van der Waals surface area contributed by atoms with Crippen molar-refractivity contribution in [3.8, 4) is 0 Å². The Kier molecular flexibility index (Phi) is 5.16. The lowest BCUT2D eigenvalue weighted by atomic mass is 10.2. The Labute approximate surface area is 137 Å². The van der Waals surface area contributed by atoms with Gasteiger partial charge in [0.1, 0.15) is 0 Å². The van der Waals surface area contributed by atoms with Crippen LogP contribution >= 0.6 is 11.6 Å². The van der Waals surface area contributed by atoms with Crippen LogP contribution in [0.3, 0.4) is 0 Å². The summed E-state index contributed by atoms with van der Waals surface area (Å²) in [6.45, 7) is 0. The number of hydrogen-bond donors (Lipinski definition) is 4. The summed E-state index contributed by atoms with van der Waals surface area (Å²) in [5.74, 6) is -0.492. The molecule has 0 saturated carbocycles. The minimum atomic E-state index is -0.250. The zero-order valence-electron chi connectivity index (χ0n) is 12.0.